The van der Waals surface area contributed by atoms with E-state index in [-0.39, 0.29) is 0 Å². The summed E-state index contributed by atoms with van der Waals surface area (Å²) in [5.41, 5.74) is 8.23. The lowest BCUT2D eigenvalue weighted by Crippen LogP contribution is -2.57. The van der Waals surface area contributed by atoms with Crippen molar-refractivity contribution in [2.24, 2.45) is 5.92 Å². The zero-order valence-corrected chi connectivity index (χ0v) is 20.8. The summed E-state index contributed by atoms with van der Waals surface area (Å²) in [6, 6.07) is 33.1. The molecular formula is C33H25N3O+2. The van der Waals surface area contributed by atoms with Crippen molar-refractivity contribution in [2.45, 2.75) is 25.9 Å². The third-order valence-corrected chi connectivity index (χ3v) is 8.44. The third-order valence-electron chi connectivity index (χ3n) is 8.44. The second kappa shape index (κ2) is 6.46. The Morgan fingerprint density at radius 1 is 0.865 bits per heavy atom. The summed E-state index contributed by atoms with van der Waals surface area (Å²) in [6.07, 6.45) is 2.27. The summed E-state index contributed by atoms with van der Waals surface area (Å²) < 4.78 is 14.3. The Bertz CT molecular complexity index is 1930. The van der Waals surface area contributed by atoms with E-state index in [0.717, 1.165) is 18.0 Å². The summed E-state index contributed by atoms with van der Waals surface area (Å²) >= 11 is 0. The summed E-state index contributed by atoms with van der Waals surface area (Å²) in [4.78, 5) is 0. The first-order valence-electron chi connectivity index (χ1n) is 13.1. The summed E-state index contributed by atoms with van der Waals surface area (Å²) in [5, 5.41) is 2.48. The minimum Gasteiger partial charge on any atom is -0.448 e. The van der Waals surface area contributed by atoms with E-state index in [2.05, 4.69) is 125 Å². The first kappa shape index (κ1) is 19.7. The fraction of sp³-hybridized carbons (Fsp3) is 0.152. The average molecular weight is 480 g/mol. The predicted molar refractivity (Wildman–Crippen MR) is 143 cm³/mol. The fourth-order valence-electron chi connectivity index (χ4n) is 7.30. The van der Waals surface area contributed by atoms with E-state index in [0.29, 0.717) is 5.92 Å². The lowest BCUT2D eigenvalue weighted by atomic mass is 9.80. The lowest BCUT2D eigenvalue weighted by Gasteiger charge is -2.22. The predicted octanol–water partition coefficient (Wildman–Crippen LogP) is 6.25. The third kappa shape index (κ3) is 2.10. The van der Waals surface area contributed by atoms with Crippen molar-refractivity contribution in [2.75, 3.05) is 0 Å². The Balaban J connectivity index is 1.62. The zero-order chi connectivity index (χ0) is 24.5. The van der Waals surface area contributed by atoms with Crippen LogP contribution in [0.4, 0.5) is 0 Å². The van der Waals surface area contributed by atoms with Crippen LogP contribution in [0.1, 0.15) is 30.8 Å². The molecule has 2 aromatic heterocycles. The fourth-order valence-corrected chi connectivity index (χ4v) is 7.30. The number of pyridine rings is 1. The molecule has 1 atom stereocenters. The van der Waals surface area contributed by atoms with Crippen molar-refractivity contribution in [3.63, 3.8) is 0 Å². The molecule has 0 aliphatic carbocycles. The van der Waals surface area contributed by atoms with Gasteiger partial charge in [0.15, 0.2) is 28.9 Å². The second-order valence-corrected chi connectivity index (χ2v) is 10.9. The molecule has 4 nitrogen and oxygen atoms in total. The Morgan fingerprint density at radius 3 is 2.62 bits per heavy atom. The van der Waals surface area contributed by atoms with Crippen molar-refractivity contribution in [3.8, 4) is 28.4 Å². The molecule has 0 saturated carbocycles. The Labute approximate surface area is 214 Å². The summed E-state index contributed by atoms with van der Waals surface area (Å²) in [6.45, 7) is 5.54. The quantitative estimate of drug-likeness (QED) is 0.269. The molecular weight excluding hydrogens is 454 g/mol. The molecule has 176 valence electrons. The van der Waals surface area contributed by atoms with Crippen LogP contribution in [0.3, 0.4) is 0 Å². The van der Waals surface area contributed by atoms with Gasteiger partial charge in [0.05, 0.1) is 23.2 Å². The van der Waals surface area contributed by atoms with Gasteiger partial charge in [-0.3, -0.25) is 0 Å². The van der Waals surface area contributed by atoms with Crippen LogP contribution in [-0.4, -0.2) is 4.57 Å². The Hall–Kier alpha value is -4.44. The van der Waals surface area contributed by atoms with Gasteiger partial charge in [-0.15, -0.1) is 0 Å². The first-order chi connectivity index (χ1) is 18.2. The van der Waals surface area contributed by atoms with Gasteiger partial charge in [0.1, 0.15) is 0 Å². The highest BCUT2D eigenvalue weighted by atomic mass is 16.5. The molecule has 3 aliphatic rings. The number of rotatable bonds is 2. The van der Waals surface area contributed by atoms with Crippen molar-refractivity contribution in [1.82, 2.24) is 4.57 Å². The standard InChI is InChI=1S/C33H25N3O/c1-20(2)19-34-26-15-9-16-27-30(26)36-31-28(37-27)18-21-10-3-4-11-22(21)29(31)33(32(34)36)24-13-6-5-12-23(24)25-14-7-8-17-35(25)33/h3-18,20H,19H2,1-2H3/q+2. The van der Waals surface area contributed by atoms with Gasteiger partial charge in [0.25, 0.3) is 0 Å². The van der Waals surface area contributed by atoms with Crippen LogP contribution in [-0.2, 0) is 12.1 Å². The maximum Gasteiger partial charge on any atom is 0.347 e. The maximum absolute atomic E-state index is 6.73. The topological polar surface area (TPSA) is 21.9 Å². The molecule has 0 fully saturated rings. The van der Waals surface area contributed by atoms with E-state index in [1.165, 1.54) is 55.7 Å². The SMILES string of the molecule is CC(C)Cn1c2[n+]3c4c(cccc41)Oc1cc4ccccc4c(c1-3)C21c2ccccc2-c2cccc[n+]21. The van der Waals surface area contributed by atoms with Gasteiger partial charge in [0.2, 0.25) is 11.2 Å². The maximum atomic E-state index is 6.73. The number of hydrogen-bond acceptors (Lipinski definition) is 1. The normalized spacial score (nSPS) is 17.6. The van der Waals surface area contributed by atoms with Gasteiger partial charge in [-0.1, -0.05) is 62.4 Å². The van der Waals surface area contributed by atoms with Crippen molar-refractivity contribution >= 4 is 21.8 Å². The molecule has 4 heteroatoms. The molecule has 0 N–H and O–H groups in total. The van der Waals surface area contributed by atoms with Crippen LogP contribution in [0.15, 0.2) is 97.2 Å². The summed E-state index contributed by atoms with van der Waals surface area (Å²) in [7, 11) is 0. The molecule has 6 aromatic rings. The number of imidazole rings is 1. The number of nitrogens with zero attached hydrogens (tertiary/aromatic N) is 3. The smallest absolute Gasteiger partial charge is 0.347 e. The number of benzene rings is 4. The highest BCUT2D eigenvalue weighted by molar-refractivity contribution is 5.96. The zero-order valence-electron chi connectivity index (χ0n) is 20.8. The van der Waals surface area contributed by atoms with E-state index in [4.69, 9.17) is 4.74 Å². The summed E-state index contributed by atoms with van der Waals surface area (Å²) in [5.74, 6) is 3.64. The van der Waals surface area contributed by atoms with E-state index >= 15 is 0 Å². The van der Waals surface area contributed by atoms with Crippen LogP contribution in [0.5, 0.6) is 11.5 Å². The minimum absolute atomic E-state index is 0.486. The number of hydrogen-bond donors (Lipinski definition) is 0. The number of ether oxygens (including phenoxy) is 1. The van der Waals surface area contributed by atoms with Crippen molar-refractivity contribution in [3.05, 3.63) is 114 Å². The van der Waals surface area contributed by atoms with Gasteiger partial charge in [-0.25, -0.2) is 4.57 Å². The Morgan fingerprint density at radius 2 is 1.70 bits per heavy atom. The molecule has 37 heavy (non-hydrogen) atoms. The molecule has 5 heterocycles. The van der Waals surface area contributed by atoms with E-state index in [9.17, 15) is 0 Å². The largest absolute Gasteiger partial charge is 0.448 e. The van der Waals surface area contributed by atoms with Crippen LogP contribution in [0, 0.1) is 5.92 Å². The van der Waals surface area contributed by atoms with Crippen molar-refractivity contribution in [1.29, 1.82) is 0 Å². The number of para-hydroxylation sites is 1. The van der Waals surface area contributed by atoms with E-state index < -0.39 is 5.54 Å². The van der Waals surface area contributed by atoms with Gasteiger partial charge >= 0.3 is 11.4 Å². The molecule has 9 rings (SSSR count). The molecule has 0 saturated heterocycles. The molecule has 4 aromatic carbocycles. The highest BCUT2D eigenvalue weighted by Gasteiger charge is 2.69. The van der Waals surface area contributed by atoms with Crippen LogP contribution >= 0.6 is 0 Å². The molecule has 3 aliphatic heterocycles. The second-order valence-electron chi connectivity index (χ2n) is 10.9. The number of aromatic nitrogens is 3. The van der Waals surface area contributed by atoms with Gasteiger partial charge < -0.3 is 4.74 Å². The van der Waals surface area contributed by atoms with Crippen LogP contribution in [0.25, 0.3) is 38.8 Å². The van der Waals surface area contributed by atoms with Crippen molar-refractivity contribution < 1.29 is 13.9 Å². The van der Waals surface area contributed by atoms with Gasteiger partial charge in [-0.2, -0.15) is 9.13 Å². The average Bonchev–Trinajstić information content (AvgIpc) is 3.52. The molecule has 1 unspecified atom stereocenters. The Kier molecular flexibility index (Phi) is 3.44. The van der Waals surface area contributed by atoms with Gasteiger partial charge in [-0.05, 0) is 47.0 Å². The monoisotopic (exact) mass is 479 g/mol. The molecule has 0 amide bonds. The lowest BCUT2D eigenvalue weighted by molar-refractivity contribution is -0.733. The highest BCUT2D eigenvalue weighted by Crippen LogP contribution is 2.56. The number of fused-ring (bicyclic) bond motifs is 9. The first-order valence-corrected chi connectivity index (χ1v) is 13.1. The van der Waals surface area contributed by atoms with E-state index in [1.807, 2.05) is 0 Å². The van der Waals surface area contributed by atoms with Crippen LogP contribution in [0.2, 0.25) is 0 Å². The minimum atomic E-state index is -0.517. The van der Waals surface area contributed by atoms with Crippen LogP contribution < -0.4 is 13.9 Å². The van der Waals surface area contributed by atoms with E-state index in [1.54, 1.807) is 0 Å². The molecule has 0 bridgehead atoms. The molecule has 1 spiro atoms. The van der Waals surface area contributed by atoms with Gasteiger partial charge in [0, 0.05) is 12.1 Å². The molecule has 0 radical (unpaired) electrons.